The van der Waals surface area contributed by atoms with Crippen LogP contribution in [0.2, 0.25) is 0 Å². The second-order valence-electron chi connectivity index (χ2n) is 5.54. The van der Waals surface area contributed by atoms with E-state index in [1.807, 2.05) is 30.3 Å². The number of nitrogens with zero attached hydrogens (tertiary/aromatic N) is 1. The van der Waals surface area contributed by atoms with Crippen LogP contribution in [0, 0.1) is 6.92 Å². The average Bonchev–Trinajstić information content (AvgIpc) is 2.55. The van der Waals surface area contributed by atoms with Crippen LogP contribution in [0.25, 0.3) is 0 Å². The second-order valence-corrected chi connectivity index (χ2v) is 7.66. The number of sulfonamides is 1. The molecule has 0 aromatic heterocycles. The van der Waals surface area contributed by atoms with Gasteiger partial charge in [0.05, 0.1) is 11.4 Å². The number of carbonyl (C=O) groups excluding carboxylic acids is 1. The lowest BCUT2D eigenvalue weighted by Crippen LogP contribution is -2.24. The molecule has 2 rings (SSSR count). The van der Waals surface area contributed by atoms with E-state index in [1.54, 1.807) is 19.1 Å². The van der Waals surface area contributed by atoms with E-state index in [0.29, 0.717) is 11.3 Å². The summed E-state index contributed by atoms with van der Waals surface area (Å²) < 4.78 is 25.8. The summed E-state index contributed by atoms with van der Waals surface area (Å²) in [6.07, 6.45) is 0. The summed E-state index contributed by atoms with van der Waals surface area (Å²) in [5.74, 6) is -0.254. The fourth-order valence-corrected chi connectivity index (χ4v) is 3.24. The Labute approximate surface area is 142 Å². The highest BCUT2D eigenvalue weighted by molar-refractivity contribution is 7.89. The molecule has 0 radical (unpaired) electrons. The second kappa shape index (κ2) is 7.46. The van der Waals surface area contributed by atoms with Gasteiger partial charge in [0.2, 0.25) is 15.9 Å². The summed E-state index contributed by atoms with van der Waals surface area (Å²) in [4.78, 5) is 12.2. The summed E-state index contributed by atoms with van der Waals surface area (Å²) in [6, 6.07) is 14.2. The molecule has 0 saturated heterocycles. The van der Waals surface area contributed by atoms with Gasteiger partial charge in [-0.15, -0.1) is 0 Å². The molecule has 0 aliphatic carbocycles. The third-order valence-corrected chi connectivity index (χ3v) is 5.41. The van der Waals surface area contributed by atoms with Crippen molar-refractivity contribution in [2.75, 3.05) is 31.3 Å². The number of carbonyl (C=O) groups is 1. The van der Waals surface area contributed by atoms with Crippen molar-refractivity contribution in [3.05, 3.63) is 54.1 Å². The van der Waals surface area contributed by atoms with Gasteiger partial charge in [-0.2, -0.15) is 0 Å². The number of aryl methyl sites for hydroxylation is 1. The van der Waals surface area contributed by atoms with Crippen molar-refractivity contribution in [1.82, 2.24) is 4.31 Å². The molecule has 6 nitrogen and oxygen atoms in total. The molecule has 0 aliphatic rings. The van der Waals surface area contributed by atoms with Crippen LogP contribution in [0.1, 0.15) is 5.56 Å². The highest BCUT2D eigenvalue weighted by Crippen LogP contribution is 2.22. The van der Waals surface area contributed by atoms with Crippen molar-refractivity contribution in [3.63, 3.8) is 0 Å². The first-order valence-corrected chi connectivity index (χ1v) is 8.86. The van der Waals surface area contributed by atoms with Crippen LogP contribution >= 0.6 is 0 Å². The minimum Gasteiger partial charge on any atom is -0.376 e. The molecule has 7 heteroatoms. The first kappa shape index (κ1) is 18.0. The molecule has 0 bridgehead atoms. The molecule has 2 N–H and O–H groups in total. The number of nitrogens with one attached hydrogen (secondary N) is 2. The summed E-state index contributed by atoms with van der Waals surface area (Å²) in [5, 5.41) is 5.71. The van der Waals surface area contributed by atoms with Gasteiger partial charge in [0.1, 0.15) is 0 Å². The topological polar surface area (TPSA) is 78.5 Å². The Morgan fingerprint density at radius 3 is 2.33 bits per heavy atom. The maximum atomic E-state index is 12.3. The van der Waals surface area contributed by atoms with Crippen LogP contribution in [-0.4, -0.2) is 39.3 Å². The molecule has 0 unspecified atom stereocenters. The molecule has 128 valence electrons. The standard InChI is InChI=1S/C17H21N3O3S/c1-13-9-10-15(11-16(13)24(22,23)20(2)3)19-17(21)12-18-14-7-5-4-6-8-14/h4-11,18H,12H2,1-3H3,(H,19,21). The minimum absolute atomic E-state index is 0.0909. The zero-order valence-corrected chi connectivity index (χ0v) is 14.7. The van der Waals surface area contributed by atoms with Crippen LogP contribution in [-0.2, 0) is 14.8 Å². The van der Waals surface area contributed by atoms with E-state index in [-0.39, 0.29) is 17.3 Å². The number of para-hydroxylation sites is 1. The molecule has 0 saturated carbocycles. The molecule has 1 amide bonds. The molecule has 2 aromatic rings. The lowest BCUT2D eigenvalue weighted by atomic mass is 10.2. The number of benzene rings is 2. The van der Waals surface area contributed by atoms with E-state index in [2.05, 4.69) is 10.6 Å². The largest absolute Gasteiger partial charge is 0.376 e. The fraction of sp³-hybridized carbons (Fsp3) is 0.235. The van der Waals surface area contributed by atoms with Crippen molar-refractivity contribution in [3.8, 4) is 0 Å². The van der Waals surface area contributed by atoms with E-state index < -0.39 is 10.0 Å². The third-order valence-electron chi connectivity index (χ3n) is 3.46. The Morgan fingerprint density at radius 2 is 1.71 bits per heavy atom. The average molecular weight is 347 g/mol. The molecule has 0 aliphatic heterocycles. The summed E-state index contributed by atoms with van der Waals surface area (Å²) >= 11 is 0. The van der Waals surface area contributed by atoms with Crippen molar-refractivity contribution in [1.29, 1.82) is 0 Å². The lowest BCUT2D eigenvalue weighted by Gasteiger charge is -2.15. The van der Waals surface area contributed by atoms with E-state index in [1.165, 1.54) is 20.2 Å². The maximum absolute atomic E-state index is 12.3. The van der Waals surface area contributed by atoms with Gasteiger partial charge in [0.15, 0.2) is 0 Å². The van der Waals surface area contributed by atoms with Crippen LogP contribution < -0.4 is 10.6 Å². The Hall–Kier alpha value is -2.38. The Morgan fingerprint density at radius 1 is 1.04 bits per heavy atom. The van der Waals surface area contributed by atoms with Gasteiger partial charge in [0, 0.05) is 25.5 Å². The van der Waals surface area contributed by atoms with Crippen LogP contribution in [0.4, 0.5) is 11.4 Å². The van der Waals surface area contributed by atoms with Gasteiger partial charge >= 0.3 is 0 Å². The fourth-order valence-electron chi connectivity index (χ4n) is 2.10. The molecule has 24 heavy (non-hydrogen) atoms. The summed E-state index contributed by atoms with van der Waals surface area (Å²) in [7, 11) is -0.603. The van der Waals surface area contributed by atoms with Crippen molar-refractivity contribution in [2.24, 2.45) is 0 Å². The van der Waals surface area contributed by atoms with Crippen molar-refractivity contribution in [2.45, 2.75) is 11.8 Å². The Bertz CT molecular complexity index is 818. The molecular formula is C17H21N3O3S. The summed E-state index contributed by atoms with van der Waals surface area (Å²) in [6.45, 7) is 1.81. The van der Waals surface area contributed by atoms with E-state index in [4.69, 9.17) is 0 Å². The third kappa shape index (κ3) is 4.33. The predicted octanol–water partition coefficient (Wildman–Crippen LogP) is 2.30. The maximum Gasteiger partial charge on any atom is 0.243 e. The van der Waals surface area contributed by atoms with E-state index in [9.17, 15) is 13.2 Å². The zero-order chi connectivity index (χ0) is 17.7. The smallest absolute Gasteiger partial charge is 0.243 e. The van der Waals surface area contributed by atoms with Crippen LogP contribution in [0.3, 0.4) is 0 Å². The number of rotatable bonds is 6. The molecule has 2 aromatic carbocycles. The monoisotopic (exact) mass is 347 g/mol. The summed E-state index contributed by atoms with van der Waals surface area (Å²) in [5.41, 5.74) is 1.91. The van der Waals surface area contributed by atoms with Gasteiger partial charge in [-0.25, -0.2) is 12.7 Å². The first-order chi connectivity index (χ1) is 11.3. The van der Waals surface area contributed by atoms with Gasteiger partial charge in [-0.1, -0.05) is 24.3 Å². The van der Waals surface area contributed by atoms with Crippen LogP contribution in [0.15, 0.2) is 53.4 Å². The van der Waals surface area contributed by atoms with Gasteiger partial charge < -0.3 is 10.6 Å². The predicted molar refractivity (Wildman–Crippen MR) is 95.6 cm³/mol. The van der Waals surface area contributed by atoms with Gasteiger partial charge in [-0.3, -0.25) is 4.79 Å². The number of hydrogen-bond donors (Lipinski definition) is 2. The lowest BCUT2D eigenvalue weighted by molar-refractivity contribution is -0.114. The molecule has 0 fully saturated rings. The molecular weight excluding hydrogens is 326 g/mol. The molecule has 0 heterocycles. The van der Waals surface area contributed by atoms with Crippen molar-refractivity contribution < 1.29 is 13.2 Å². The first-order valence-electron chi connectivity index (χ1n) is 7.42. The SMILES string of the molecule is Cc1ccc(NC(=O)CNc2ccccc2)cc1S(=O)(=O)N(C)C. The highest BCUT2D eigenvalue weighted by atomic mass is 32.2. The Balaban J connectivity index is 2.09. The van der Waals surface area contributed by atoms with Gasteiger partial charge in [0.25, 0.3) is 0 Å². The highest BCUT2D eigenvalue weighted by Gasteiger charge is 2.20. The minimum atomic E-state index is -3.55. The van der Waals surface area contributed by atoms with Crippen molar-refractivity contribution >= 4 is 27.3 Å². The molecule has 0 spiro atoms. The zero-order valence-electron chi connectivity index (χ0n) is 13.9. The normalized spacial score (nSPS) is 11.3. The number of hydrogen-bond acceptors (Lipinski definition) is 4. The van der Waals surface area contributed by atoms with Crippen LogP contribution in [0.5, 0.6) is 0 Å². The van der Waals surface area contributed by atoms with E-state index in [0.717, 1.165) is 9.99 Å². The number of amides is 1. The Kier molecular flexibility index (Phi) is 5.58. The van der Waals surface area contributed by atoms with E-state index >= 15 is 0 Å². The van der Waals surface area contributed by atoms with Gasteiger partial charge in [-0.05, 0) is 36.8 Å². The number of anilines is 2. The quantitative estimate of drug-likeness (QED) is 0.840. The molecule has 0 atom stereocenters.